The van der Waals surface area contributed by atoms with Gasteiger partial charge in [-0.2, -0.15) is 0 Å². The second-order valence-corrected chi connectivity index (χ2v) is 8.98. The summed E-state index contributed by atoms with van der Waals surface area (Å²) < 4.78 is 23.4. The first-order valence-corrected chi connectivity index (χ1v) is 9.45. The minimum atomic E-state index is -3.48. The zero-order chi connectivity index (χ0) is 17.5. The molecule has 1 N–H and O–H groups in total. The monoisotopic (exact) mass is 353 g/mol. The fraction of sp³-hybridized carbons (Fsp3) is 0.500. The molecular weight excluding hydrogens is 333 g/mol. The Hall–Kier alpha value is -1.69. The van der Waals surface area contributed by atoms with E-state index in [0.717, 1.165) is 11.1 Å². The Kier molecular flexibility index (Phi) is 4.28. The Balaban J connectivity index is 1.97. The lowest BCUT2D eigenvalue weighted by atomic mass is 9.91. The Morgan fingerprint density at radius 2 is 2.08 bits per heavy atom. The molecule has 1 aromatic carbocycles. The topological polar surface area (TPSA) is 93.1 Å². The normalized spacial score (nSPS) is 32.0. The van der Waals surface area contributed by atoms with E-state index < -0.39 is 36.7 Å². The van der Waals surface area contributed by atoms with E-state index in [1.54, 1.807) is 0 Å². The zero-order valence-electron chi connectivity index (χ0n) is 13.6. The predicted molar refractivity (Wildman–Crippen MR) is 85.0 cm³/mol. The van der Waals surface area contributed by atoms with Crippen molar-refractivity contribution in [3.63, 3.8) is 0 Å². The van der Waals surface area contributed by atoms with Gasteiger partial charge in [0.2, 0.25) is 7.37 Å². The number of nitrogens with zero attached hydrogens (tertiary/aromatic N) is 1. The zero-order valence-corrected chi connectivity index (χ0v) is 14.5. The lowest BCUT2D eigenvalue weighted by Crippen LogP contribution is -2.44. The Morgan fingerprint density at radius 1 is 1.42 bits per heavy atom. The second-order valence-electron chi connectivity index (χ2n) is 6.22. The first kappa shape index (κ1) is 17.1. The van der Waals surface area contributed by atoms with Gasteiger partial charge in [-0.25, -0.2) is 9.86 Å². The van der Waals surface area contributed by atoms with Crippen LogP contribution in [0.2, 0.25) is 0 Å². The number of carbonyl (C=O) groups excluding carboxylic acids is 2. The number of hydrogen-bond donors (Lipinski definition) is 1. The van der Waals surface area contributed by atoms with E-state index >= 15 is 0 Å². The number of ether oxygens (including phenoxy) is 1. The maximum atomic E-state index is 13.4. The van der Waals surface area contributed by atoms with Gasteiger partial charge < -0.3 is 9.26 Å². The molecule has 2 saturated heterocycles. The van der Waals surface area contributed by atoms with E-state index in [4.69, 9.17) is 4.52 Å². The highest BCUT2D eigenvalue weighted by molar-refractivity contribution is 7.70. The van der Waals surface area contributed by atoms with Crippen LogP contribution in [0.1, 0.15) is 29.6 Å². The van der Waals surface area contributed by atoms with E-state index in [9.17, 15) is 19.4 Å². The molecule has 130 valence electrons. The predicted octanol–water partition coefficient (Wildman–Crippen LogP) is 2.27. The van der Waals surface area contributed by atoms with Crippen molar-refractivity contribution in [2.75, 3.05) is 20.3 Å². The summed E-state index contributed by atoms with van der Waals surface area (Å²) in [6.07, 6.45) is 0.885. The number of esters is 1. The van der Waals surface area contributed by atoms with Crippen LogP contribution in [-0.4, -0.2) is 47.6 Å². The number of piperidine rings is 1. The van der Waals surface area contributed by atoms with Crippen LogP contribution >= 0.6 is 7.37 Å². The van der Waals surface area contributed by atoms with E-state index in [0.29, 0.717) is 17.9 Å². The molecule has 0 radical (unpaired) electrons. The fourth-order valence-corrected chi connectivity index (χ4v) is 7.12. The Labute approximate surface area is 140 Å². The summed E-state index contributed by atoms with van der Waals surface area (Å²) in [6.45, 7) is 1.66. The average Bonchev–Trinajstić information content (AvgIpc) is 3.10. The number of amides is 1. The molecule has 1 spiro atoms. The standard InChI is InChI=1S/C16H20NO6P/c1-11-4-6-12(7-5-11)14-16(8-3-9-17(20)15(16)19)24(14,21)23-10-13(18)22-2/h4-7,14,20H,3,8-10H2,1-2H3. The first-order valence-electron chi connectivity index (χ1n) is 7.75. The highest BCUT2D eigenvalue weighted by Gasteiger charge is 2.82. The molecule has 8 heteroatoms. The van der Waals surface area contributed by atoms with Crippen LogP contribution in [-0.2, 0) is 23.4 Å². The van der Waals surface area contributed by atoms with Crippen molar-refractivity contribution in [3.05, 3.63) is 35.4 Å². The number of methoxy groups -OCH3 is 1. The van der Waals surface area contributed by atoms with E-state index in [2.05, 4.69) is 4.74 Å². The van der Waals surface area contributed by atoms with Gasteiger partial charge in [-0.15, -0.1) is 0 Å². The molecule has 0 aromatic heterocycles. The van der Waals surface area contributed by atoms with Gasteiger partial charge in [0.1, 0.15) is 5.16 Å². The molecule has 0 aliphatic carbocycles. The largest absolute Gasteiger partial charge is 0.467 e. The third-order valence-corrected chi connectivity index (χ3v) is 8.25. The highest BCUT2D eigenvalue weighted by atomic mass is 31.2. The SMILES string of the molecule is COC(=O)COP1(=O)C(c2ccc(C)cc2)C12CCCN(O)C2=O. The van der Waals surface area contributed by atoms with Crippen molar-refractivity contribution in [2.45, 2.75) is 30.6 Å². The van der Waals surface area contributed by atoms with Gasteiger partial charge in [0.15, 0.2) is 6.61 Å². The van der Waals surface area contributed by atoms with Crippen molar-refractivity contribution >= 4 is 19.2 Å². The molecule has 24 heavy (non-hydrogen) atoms. The van der Waals surface area contributed by atoms with Gasteiger partial charge in [-0.05, 0) is 25.3 Å². The molecule has 0 saturated carbocycles. The van der Waals surface area contributed by atoms with E-state index in [1.807, 2.05) is 31.2 Å². The van der Waals surface area contributed by atoms with Crippen molar-refractivity contribution in [1.29, 1.82) is 0 Å². The summed E-state index contributed by atoms with van der Waals surface area (Å²) in [4.78, 5) is 24.0. The van der Waals surface area contributed by atoms with E-state index in [-0.39, 0.29) is 6.54 Å². The summed E-state index contributed by atoms with van der Waals surface area (Å²) in [5, 5.41) is 9.18. The van der Waals surface area contributed by atoms with Gasteiger partial charge >= 0.3 is 5.97 Å². The number of rotatable bonds is 4. The van der Waals surface area contributed by atoms with Crippen molar-refractivity contribution in [1.82, 2.24) is 5.06 Å². The maximum Gasteiger partial charge on any atom is 0.332 e. The minimum absolute atomic E-state index is 0.207. The number of aryl methyl sites for hydroxylation is 1. The molecule has 2 heterocycles. The molecule has 0 bridgehead atoms. The van der Waals surface area contributed by atoms with Gasteiger partial charge in [0, 0.05) is 6.54 Å². The number of hydrogen-bond acceptors (Lipinski definition) is 6. The molecule has 1 amide bonds. The smallest absolute Gasteiger partial charge is 0.332 e. The Morgan fingerprint density at radius 3 is 2.71 bits per heavy atom. The highest BCUT2D eigenvalue weighted by Crippen LogP contribution is 2.92. The molecule has 2 fully saturated rings. The minimum Gasteiger partial charge on any atom is -0.467 e. The number of hydroxylamine groups is 2. The van der Waals surface area contributed by atoms with Crippen molar-refractivity contribution in [2.24, 2.45) is 0 Å². The van der Waals surface area contributed by atoms with Crippen LogP contribution in [0.5, 0.6) is 0 Å². The van der Waals surface area contributed by atoms with E-state index in [1.165, 1.54) is 7.11 Å². The summed E-state index contributed by atoms with van der Waals surface area (Å²) in [5.41, 5.74) is 1.12. The summed E-state index contributed by atoms with van der Waals surface area (Å²) in [5.74, 6) is -1.24. The molecule has 1 aromatic rings. The average molecular weight is 353 g/mol. The number of carbonyl (C=O) groups is 2. The lowest BCUT2D eigenvalue weighted by Gasteiger charge is -2.27. The van der Waals surface area contributed by atoms with Crippen molar-refractivity contribution < 1.29 is 28.6 Å². The molecule has 3 unspecified atom stereocenters. The second kappa shape index (κ2) is 5.99. The van der Waals surface area contributed by atoms with Crippen LogP contribution in [0.3, 0.4) is 0 Å². The summed E-state index contributed by atoms with van der Waals surface area (Å²) in [7, 11) is -2.27. The van der Waals surface area contributed by atoms with Gasteiger partial charge in [-0.3, -0.25) is 14.6 Å². The molecule has 3 atom stereocenters. The molecule has 3 rings (SSSR count). The van der Waals surface area contributed by atoms with Crippen LogP contribution in [0.15, 0.2) is 24.3 Å². The quantitative estimate of drug-likeness (QED) is 0.507. The van der Waals surface area contributed by atoms with Gasteiger partial charge in [-0.1, -0.05) is 29.8 Å². The molecule has 2 aliphatic heterocycles. The fourth-order valence-electron chi connectivity index (χ4n) is 3.51. The van der Waals surface area contributed by atoms with Crippen molar-refractivity contribution in [3.8, 4) is 0 Å². The van der Waals surface area contributed by atoms with Crippen LogP contribution in [0.25, 0.3) is 0 Å². The molecule has 7 nitrogen and oxygen atoms in total. The maximum absolute atomic E-state index is 13.4. The third kappa shape index (κ3) is 2.39. The van der Waals surface area contributed by atoms with Crippen LogP contribution in [0, 0.1) is 6.92 Å². The van der Waals surface area contributed by atoms with Gasteiger partial charge in [0.25, 0.3) is 5.91 Å². The van der Waals surface area contributed by atoms with Crippen LogP contribution in [0.4, 0.5) is 0 Å². The molecule has 2 aliphatic rings. The summed E-state index contributed by atoms with van der Waals surface area (Å²) >= 11 is 0. The lowest BCUT2D eigenvalue weighted by molar-refractivity contribution is -0.172. The summed E-state index contributed by atoms with van der Waals surface area (Å²) in [6, 6.07) is 7.37. The number of benzene rings is 1. The van der Waals surface area contributed by atoms with Gasteiger partial charge in [0.05, 0.1) is 12.8 Å². The Bertz CT molecular complexity index is 718. The van der Waals surface area contributed by atoms with Crippen LogP contribution < -0.4 is 0 Å². The molecular formula is C16H20NO6P. The first-order chi connectivity index (χ1) is 11.4. The third-order valence-electron chi connectivity index (χ3n) is 4.81.